The summed E-state index contributed by atoms with van der Waals surface area (Å²) in [5.41, 5.74) is 1.96. The van der Waals surface area contributed by atoms with Crippen LogP contribution in [0, 0.1) is 0 Å². The molecule has 1 aliphatic rings. The molecule has 4 rings (SSSR count). The molecule has 0 radical (unpaired) electrons. The Hall–Kier alpha value is -2.51. The summed E-state index contributed by atoms with van der Waals surface area (Å²) in [5, 5.41) is 3.94. The van der Waals surface area contributed by atoms with Crippen LogP contribution < -0.4 is 10.1 Å². The molecule has 0 spiro atoms. The van der Waals surface area contributed by atoms with Crippen LogP contribution in [0.15, 0.2) is 42.6 Å². The third kappa shape index (κ3) is 4.81. The molecule has 1 atom stereocenters. The molecule has 1 unspecified atom stereocenters. The lowest BCUT2D eigenvalue weighted by Crippen LogP contribution is -2.23. The van der Waals surface area contributed by atoms with E-state index >= 15 is 0 Å². The van der Waals surface area contributed by atoms with E-state index in [-0.39, 0.29) is 12.0 Å². The van der Waals surface area contributed by atoms with Gasteiger partial charge in [-0.05, 0) is 23.8 Å². The van der Waals surface area contributed by atoms with Crippen molar-refractivity contribution in [2.24, 2.45) is 0 Å². The van der Waals surface area contributed by atoms with E-state index in [1.165, 1.54) is 0 Å². The van der Waals surface area contributed by atoms with Gasteiger partial charge in [0.05, 0.1) is 28.4 Å². The molecular formula is C20H21N3O3S. The van der Waals surface area contributed by atoms with Crippen molar-refractivity contribution in [3.63, 3.8) is 0 Å². The van der Waals surface area contributed by atoms with Gasteiger partial charge in [-0.3, -0.25) is 4.79 Å². The van der Waals surface area contributed by atoms with Crippen LogP contribution in [0.5, 0.6) is 5.88 Å². The maximum atomic E-state index is 12.2. The minimum Gasteiger partial charge on any atom is -0.472 e. The number of aryl methyl sites for hydroxylation is 1. The fraction of sp³-hybridized carbons (Fsp3) is 0.350. The molecule has 1 fully saturated rings. The fourth-order valence-electron chi connectivity index (χ4n) is 2.94. The molecule has 0 bridgehead atoms. The van der Waals surface area contributed by atoms with Gasteiger partial charge >= 0.3 is 0 Å². The molecular weight excluding hydrogens is 362 g/mol. The van der Waals surface area contributed by atoms with Crippen LogP contribution in [0.4, 0.5) is 0 Å². The average Bonchev–Trinajstić information content (AvgIpc) is 3.34. The van der Waals surface area contributed by atoms with Gasteiger partial charge in [0, 0.05) is 38.1 Å². The third-order valence-corrected chi connectivity index (χ3v) is 5.46. The Balaban J connectivity index is 1.26. The Kier molecular flexibility index (Phi) is 5.60. The van der Waals surface area contributed by atoms with Crippen LogP contribution in [0.1, 0.15) is 23.4 Å². The number of nitrogens with zero attached hydrogens (tertiary/aromatic N) is 2. The number of carbonyl (C=O) groups is 1. The van der Waals surface area contributed by atoms with Crippen molar-refractivity contribution in [3.05, 3.63) is 53.2 Å². The van der Waals surface area contributed by atoms with Gasteiger partial charge < -0.3 is 14.8 Å². The SMILES string of the molecule is O=C(CCc1nc2ccccc2s1)NCc1ccnc(OC2CCOC2)c1. The summed E-state index contributed by atoms with van der Waals surface area (Å²) in [6, 6.07) is 11.8. The zero-order valence-corrected chi connectivity index (χ0v) is 15.7. The van der Waals surface area contributed by atoms with E-state index in [9.17, 15) is 4.79 Å². The molecule has 1 amide bonds. The highest BCUT2D eigenvalue weighted by Crippen LogP contribution is 2.22. The monoisotopic (exact) mass is 383 g/mol. The molecule has 2 aromatic heterocycles. The quantitative estimate of drug-likeness (QED) is 0.679. The molecule has 0 saturated carbocycles. The van der Waals surface area contributed by atoms with Gasteiger partial charge in [0.15, 0.2) is 0 Å². The van der Waals surface area contributed by atoms with Gasteiger partial charge in [-0.25, -0.2) is 9.97 Å². The summed E-state index contributed by atoms with van der Waals surface area (Å²) in [6.45, 7) is 1.79. The van der Waals surface area contributed by atoms with Crippen molar-refractivity contribution in [3.8, 4) is 5.88 Å². The largest absolute Gasteiger partial charge is 0.472 e. The molecule has 1 aliphatic heterocycles. The summed E-state index contributed by atoms with van der Waals surface area (Å²) < 4.78 is 12.3. The average molecular weight is 383 g/mol. The Morgan fingerprint density at radius 1 is 1.33 bits per heavy atom. The van der Waals surface area contributed by atoms with Crippen molar-refractivity contribution in [1.29, 1.82) is 0 Å². The van der Waals surface area contributed by atoms with Gasteiger partial charge in [0.25, 0.3) is 0 Å². The highest BCUT2D eigenvalue weighted by Gasteiger charge is 2.17. The number of nitrogens with one attached hydrogen (secondary N) is 1. The number of fused-ring (bicyclic) bond motifs is 1. The van der Waals surface area contributed by atoms with E-state index < -0.39 is 0 Å². The summed E-state index contributed by atoms with van der Waals surface area (Å²) in [4.78, 5) is 21.0. The lowest BCUT2D eigenvalue weighted by atomic mass is 10.2. The van der Waals surface area contributed by atoms with Gasteiger partial charge in [0.2, 0.25) is 11.8 Å². The van der Waals surface area contributed by atoms with Crippen molar-refractivity contribution >= 4 is 27.5 Å². The number of rotatable bonds is 7. The van der Waals surface area contributed by atoms with Crippen molar-refractivity contribution in [2.75, 3.05) is 13.2 Å². The van der Waals surface area contributed by atoms with Crippen LogP contribution in [0.3, 0.4) is 0 Å². The first kappa shape index (κ1) is 17.9. The first-order valence-corrected chi connectivity index (χ1v) is 9.88. The number of carbonyl (C=O) groups excluding carboxylic acids is 1. The van der Waals surface area contributed by atoms with E-state index in [1.54, 1.807) is 17.5 Å². The number of hydrogen-bond donors (Lipinski definition) is 1. The van der Waals surface area contributed by atoms with Crippen LogP contribution in [0.25, 0.3) is 10.2 Å². The van der Waals surface area contributed by atoms with Crippen LogP contribution in [0.2, 0.25) is 0 Å². The summed E-state index contributed by atoms with van der Waals surface area (Å²) >= 11 is 1.64. The summed E-state index contributed by atoms with van der Waals surface area (Å²) in [6.07, 6.45) is 3.73. The molecule has 6 nitrogen and oxygen atoms in total. The van der Waals surface area contributed by atoms with Gasteiger partial charge in [-0.1, -0.05) is 12.1 Å². The molecule has 7 heteroatoms. The first-order chi connectivity index (χ1) is 13.3. The second-order valence-corrected chi connectivity index (χ2v) is 7.57. The number of para-hydroxylation sites is 1. The molecule has 0 aliphatic carbocycles. The zero-order valence-electron chi connectivity index (χ0n) is 14.9. The predicted octanol–water partition coefficient (Wildman–Crippen LogP) is 3.11. The second kappa shape index (κ2) is 8.45. The Bertz CT molecular complexity index is 888. The fourth-order valence-corrected chi connectivity index (χ4v) is 3.90. The number of benzene rings is 1. The van der Waals surface area contributed by atoms with Gasteiger partial charge in [-0.2, -0.15) is 0 Å². The van der Waals surface area contributed by atoms with Crippen LogP contribution in [-0.4, -0.2) is 35.2 Å². The lowest BCUT2D eigenvalue weighted by molar-refractivity contribution is -0.121. The van der Waals surface area contributed by atoms with E-state index in [0.29, 0.717) is 31.9 Å². The number of aromatic nitrogens is 2. The number of thiazole rings is 1. The maximum Gasteiger partial charge on any atom is 0.220 e. The number of pyridine rings is 1. The second-order valence-electron chi connectivity index (χ2n) is 6.46. The summed E-state index contributed by atoms with van der Waals surface area (Å²) in [7, 11) is 0. The zero-order chi connectivity index (χ0) is 18.5. The Morgan fingerprint density at radius 2 is 2.26 bits per heavy atom. The lowest BCUT2D eigenvalue weighted by Gasteiger charge is -2.11. The molecule has 1 saturated heterocycles. The number of amides is 1. The molecule has 1 N–H and O–H groups in total. The predicted molar refractivity (Wildman–Crippen MR) is 104 cm³/mol. The summed E-state index contributed by atoms with van der Waals surface area (Å²) in [5.74, 6) is 0.587. The third-order valence-electron chi connectivity index (χ3n) is 4.37. The highest BCUT2D eigenvalue weighted by molar-refractivity contribution is 7.18. The standard InChI is InChI=1S/C20H21N3O3S/c24-18(5-6-20-23-16-3-1-2-4-17(16)27-20)22-12-14-7-9-21-19(11-14)26-15-8-10-25-13-15/h1-4,7,9,11,15H,5-6,8,10,12-13H2,(H,22,24). The van der Waals surface area contributed by atoms with E-state index in [1.807, 2.05) is 30.3 Å². The maximum absolute atomic E-state index is 12.2. The van der Waals surface area contributed by atoms with Crippen molar-refractivity contribution < 1.29 is 14.3 Å². The Labute approximate surface area is 161 Å². The minimum atomic E-state index is 0.0118. The normalized spacial score (nSPS) is 16.5. The van der Waals surface area contributed by atoms with E-state index in [4.69, 9.17) is 9.47 Å². The molecule has 3 aromatic rings. The van der Waals surface area contributed by atoms with Gasteiger partial charge in [-0.15, -0.1) is 11.3 Å². The molecule has 3 heterocycles. The van der Waals surface area contributed by atoms with E-state index in [2.05, 4.69) is 21.4 Å². The van der Waals surface area contributed by atoms with E-state index in [0.717, 1.165) is 33.8 Å². The van der Waals surface area contributed by atoms with Crippen LogP contribution in [-0.2, 0) is 22.5 Å². The smallest absolute Gasteiger partial charge is 0.220 e. The molecule has 27 heavy (non-hydrogen) atoms. The minimum absolute atomic E-state index is 0.0118. The van der Waals surface area contributed by atoms with Crippen molar-refractivity contribution in [2.45, 2.75) is 31.9 Å². The van der Waals surface area contributed by atoms with Crippen molar-refractivity contribution in [1.82, 2.24) is 15.3 Å². The van der Waals surface area contributed by atoms with Crippen LogP contribution >= 0.6 is 11.3 Å². The molecule has 140 valence electrons. The topological polar surface area (TPSA) is 73.3 Å². The number of hydrogen-bond acceptors (Lipinski definition) is 6. The first-order valence-electron chi connectivity index (χ1n) is 9.07. The number of ether oxygens (including phenoxy) is 2. The Morgan fingerprint density at radius 3 is 3.11 bits per heavy atom. The van der Waals surface area contributed by atoms with Gasteiger partial charge in [0.1, 0.15) is 6.10 Å². The highest BCUT2D eigenvalue weighted by atomic mass is 32.1. The molecule has 1 aromatic carbocycles.